The number of nitrogens with zero attached hydrogens (tertiary/aromatic N) is 2. The molecule has 0 bridgehead atoms. The van der Waals surface area contributed by atoms with Crippen LogP contribution < -0.4 is 5.32 Å². The van der Waals surface area contributed by atoms with Crippen LogP contribution >= 0.6 is 0 Å². The summed E-state index contributed by atoms with van der Waals surface area (Å²) in [7, 11) is -2.97. The molecule has 0 spiro atoms. The smallest absolute Gasteiger partial charge is 0.332 e. The topological polar surface area (TPSA) is 102 Å². The first-order valence-corrected chi connectivity index (χ1v) is 8.59. The number of hydrogen-bond donors (Lipinski definition) is 1. The maximum Gasteiger partial charge on any atom is 0.349 e. The van der Waals surface area contributed by atoms with Crippen LogP contribution in [0.5, 0.6) is 0 Å². The Labute approximate surface area is 133 Å². The minimum absolute atomic E-state index is 0.113. The number of nitrogens with one attached hydrogen (secondary N) is 1. The monoisotopic (exact) mass is 333 g/mol. The maximum absolute atomic E-state index is 12.5. The van der Waals surface area contributed by atoms with E-state index in [4.69, 9.17) is 0 Å². The molecule has 23 heavy (non-hydrogen) atoms. The van der Waals surface area contributed by atoms with Gasteiger partial charge in [-0.1, -0.05) is 30.3 Å². The Morgan fingerprint density at radius 1 is 1.17 bits per heavy atom. The van der Waals surface area contributed by atoms with E-state index in [1.54, 1.807) is 0 Å². The fourth-order valence-electron chi connectivity index (χ4n) is 1.84. The molecule has 2 aromatic rings. The minimum atomic E-state index is -2.97. The summed E-state index contributed by atoms with van der Waals surface area (Å²) in [4.78, 5) is 22.1. The molecule has 2 aromatic carbocycles. The minimum Gasteiger partial charge on any atom is -0.332 e. The SMILES string of the molecule is CS(=O)(=NC(=O)NCc1ccccc1)c1ccc([N+](=O)[O-])cc1. The van der Waals surface area contributed by atoms with E-state index in [0.29, 0.717) is 0 Å². The summed E-state index contributed by atoms with van der Waals surface area (Å²) in [6.45, 7) is 0.277. The molecule has 2 rings (SSSR count). The molecule has 0 saturated carbocycles. The first-order valence-electron chi connectivity index (χ1n) is 6.67. The van der Waals surface area contributed by atoms with Crippen molar-refractivity contribution in [2.45, 2.75) is 11.4 Å². The predicted molar refractivity (Wildman–Crippen MR) is 86.5 cm³/mol. The van der Waals surface area contributed by atoms with Gasteiger partial charge in [-0.15, -0.1) is 4.36 Å². The number of benzene rings is 2. The Bertz CT molecular complexity index is 826. The third-order valence-corrected chi connectivity index (χ3v) is 4.69. The summed E-state index contributed by atoms with van der Waals surface area (Å²) in [6, 6.07) is 13.7. The second-order valence-electron chi connectivity index (χ2n) is 4.79. The van der Waals surface area contributed by atoms with Crippen molar-refractivity contribution in [1.29, 1.82) is 0 Å². The van der Waals surface area contributed by atoms with Gasteiger partial charge >= 0.3 is 6.03 Å². The van der Waals surface area contributed by atoms with Gasteiger partial charge in [-0.05, 0) is 17.7 Å². The molecule has 2 amide bonds. The third-order valence-electron chi connectivity index (χ3n) is 3.03. The number of rotatable bonds is 4. The van der Waals surface area contributed by atoms with Gasteiger partial charge in [-0.3, -0.25) is 10.1 Å². The van der Waals surface area contributed by atoms with Crippen LogP contribution in [0.2, 0.25) is 0 Å². The van der Waals surface area contributed by atoms with Crippen molar-refractivity contribution >= 4 is 21.4 Å². The maximum atomic E-state index is 12.5. The van der Waals surface area contributed by atoms with E-state index in [1.807, 2.05) is 30.3 Å². The highest BCUT2D eigenvalue weighted by Gasteiger charge is 2.12. The van der Waals surface area contributed by atoms with Crippen LogP contribution in [0.3, 0.4) is 0 Å². The number of nitro groups is 1. The molecule has 1 unspecified atom stereocenters. The van der Waals surface area contributed by atoms with Crippen LogP contribution in [-0.4, -0.2) is 21.4 Å². The van der Waals surface area contributed by atoms with Crippen LogP contribution in [0.25, 0.3) is 0 Å². The van der Waals surface area contributed by atoms with E-state index in [-0.39, 0.29) is 17.1 Å². The summed E-state index contributed by atoms with van der Waals surface area (Å²) in [5.74, 6) is 0. The van der Waals surface area contributed by atoms with E-state index >= 15 is 0 Å². The van der Waals surface area contributed by atoms with Gasteiger partial charge in [0.05, 0.1) is 14.7 Å². The third kappa shape index (κ3) is 4.62. The highest BCUT2D eigenvalue weighted by molar-refractivity contribution is 7.93. The highest BCUT2D eigenvalue weighted by Crippen LogP contribution is 2.17. The molecule has 0 aliphatic rings. The Kier molecular flexibility index (Phi) is 5.07. The lowest BCUT2D eigenvalue weighted by Crippen LogP contribution is -2.20. The van der Waals surface area contributed by atoms with Crippen LogP contribution in [0.1, 0.15) is 5.56 Å². The molecular formula is C15H15N3O4S. The average molecular weight is 333 g/mol. The number of carbonyl (C=O) groups excluding carboxylic acids is 1. The fourth-order valence-corrected chi connectivity index (χ4v) is 2.96. The molecule has 0 radical (unpaired) electrons. The predicted octanol–water partition coefficient (Wildman–Crippen LogP) is 2.96. The molecule has 0 aliphatic carbocycles. The van der Waals surface area contributed by atoms with Crippen molar-refractivity contribution in [2.24, 2.45) is 4.36 Å². The first kappa shape index (κ1) is 16.6. The number of carbonyl (C=O) groups is 1. The van der Waals surface area contributed by atoms with Crippen molar-refractivity contribution in [3.8, 4) is 0 Å². The number of nitro benzene ring substituents is 1. The normalized spacial score (nSPS) is 12.9. The van der Waals surface area contributed by atoms with Gasteiger partial charge in [-0.2, -0.15) is 0 Å². The summed E-state index contributed by atoms with van der Waals surface area (Å²) in [6.07, 6.45) is 1.32. The standard InChI is InChI=1S/C15H15N3O4S/c1-23(22,14-9-7-13(8-10-14)18(20)21)17-15(19)16-11-12-5-3-2-4-6-12/h2-10H,11H2,1H3,(H,16,19). The second-order valence-corrected chi connectivity index (χ2v) is 7.05. The van der Waals surface area contributed by atoms with Gasteiger partial charge in [0.2, 0.25) is 0 Å². The molecular weight excluding hydrogens is 318 g/mol. The van der Waals surface area contributed by atoms with Crippen molar-refractivity contribution in [2.75, 3.05) is 6.26 Å². The zero-order chi connectivity index (χ0) is 16.9. The molecule has 1 atom stereocenters. The van der Waals surface area contributed by atoms with Gasteiger partial charge in [0.15, 0.2) is 0 Å². The van der Waals surface area contributed by atoms with Crippen LogP contribution in [0.15, 0.2) is 63.9 Å². The van der Waals surface area contributed by atoms with Crippen molar-refractivity contribution in [3.05, 3.63) is 70.3 Å². The Morgan fingerprint density at radius 2 is 1.78 bits per heavy atom. The zero-order valence-electron chi connectivity index (χ0n) is 12.3. The van der Waals surface area contributed by atoms with E-state index < -0.39 is 20.7 Å². The van der Waals surface area contributed by atoms with Crippen LogP contribution in [0, 0.1) is 10.1 Å². The van der Waals surface area contributed by atoms with Crippen LogP contribution in [0.4, 0.5) is 10.5 Å². The van der Waals surface area contributed by atoms with Gasteiger partial charge < -0.3 is 5.32 Å². The molecule has 0 aliphatic heterocycles. The lowest BCUT2D eigenvalue weighted by Gasteiger charge is -2.05. The summed E-state index contributed by atoms with van der Waals surface area (Å²) in [5, 5.41) is 13.2. The summed E-state index contributed by atoms with van der Waals surface area (Å²) >= 11 is 0. The average Bonchev–Trinajstić information content (AvgIpc) is 2.53. The lowest BCUT2D eigenvalue weighted by molar-refractivity contribution is -0.384. The van der Waals surface area contributed by atoms with E-state index in [1.165, 1.54) is 30.5 Å². The van der Waals surface area contributed by atoms with Gasteiger partial charge in [0.1, 0.15) is 0 Å². The fraction of sp³-hybridized carbons (Fsp3) is 0.133. The largest absolute Gasteiger partial charge is 0.349 e. The first-order chi connectivity index (χ1) is 10.9. The molecule has 7 nitrogen and oxygen atoms in total. The van der Waals surface area contributed by atoms with Crippen molar-refractivity contribution in [3.63, 3.8) is 0 Å². The van der Waals surface area contributed by atoms with Crippen molar-refractivity contribution < 1.29 is 13.9 Å². The molecule has 120 valence electrons. The second kappa shape index (κ2) is 7.01. The van der Waals surface area contributed by atoms with E-state index in [9.17, 15) is 19.1 Å². The number of non-ortho nitro benzene ring substituents is 1. The van der Waals surface area contributed by atoms with Gasteiger partial charge in [-0.25, -0.2) is 9.00 Å². The van der Waals surface area contributed by atoms with Crippen LogP contribution in [-0.2, 0) is 16.3 Å². The molecule has 0 heterocycles. The number of hydrogen-bond acceptors (Lipinski definition) is 4. The van der Waals surface area contributed by atoms with E-state index in [2.05, 4.69) is 9.68 Å². The highest BCUT2D eigenvalue weighted by atomic mass is 32.2. The summed E-state index contributed by atoms with van der Waals surface area (Å²) < 4.78 is 16.2. The van der Waals surface area contributed by atoms with Gasteiger partial charge in [0, 0.05) is 29.8 Å². The molecule has 8 heteroatoms. The lowest BCUT2D eigenvalue weighted by atomic mass is 10.2. The van der Waals surface area contributed by atoms with Gasteiger partial charge in [0.25, 0.3) is 5.69 Å². The molecule has 0 fully saturated rings. The number of amides is 2. The van der Waals surface area contributed by atoms with Crippen molar-refractivity contribution in [1.82, 2.24) is 5.32 Å². The quantitative estimate of drug-likeness (QED) is 0.686. The number of urea groups is 1. The zero-order valence-corrected chi connectivity index (χ0v) is 13.2. The molecule has 0 saturated heterocycles. The Balaban J connectivity index is 2.11. The molecule has 0 aromatic heterocycles. The molecule has 1 N–H and O–H groups in total. The summed E-state index contributed by atoms with van der Waals surface area (Å²) in [5.41, 5.74) is 0.784. The Hall–Kier alpha value is -2.74. The van der Waals surface area contributed by atoms with E-state index in [0.717, 1.165) is 5.56 Å². The Morgan fingerprint density at radius 3 is 2.35 bits per heavy atom.